The van der Waals surface area contributed by atoms with Gasteiger partial charge in [0.15, 0.2) is 0 Å². The van der Waals surface area contributed by atoms with Crippen molar-refractivity contribution in [3.63, 3.8) is 0 Å². The maximum atomic E-state index is 12.4. The lowest BCUT2D eigenvalue weighted by Crippen LogP contribution is -2.32. The fraction of sp³-hybridized carbons (Fsp3) is 0.235. The molecular weight excluding hydrogens is 302 g/mol. The summed E-state index contributed by atoms with van der Waals surface area (Å²) in [6.07, 6.45) is 0.614. The number of carbonyl (C=O) groups excluding carboxylic acids is 1. The molecule has 0 saturated heterocycles. The van der Waals surface area contributed by atoms with Gasteiger partial charge in [0.25, 0.3) is 0 Å². The van der Waals surface area contributed by atoms with Crippen LogP contribution in [0.3, 0.4) is 0 Å². The Morgan fingerprint density at radius 3 is 2.91 bits per heavy atom. The zero-order valence-corrected chi connectivity index (χ0v) is 12.9. The highest BCUT2D eigenvalue weighted by Crippen LogP contribution is 2.31. The molecule has 0 radical (unpaired) electrons. The van der Waals surface area contributed by atoms with Crippen molar-refractivity contribution in [2.45, 2.75) is 6.42 Å². The summed E-state index contributed by atoms with van der Waals surface area (Å²) in [5, 5.41) is 3.38. The second kappa shape index (κ2) is 6.28. The van der Waals surface area contributed by atoms with Crippen LogP contribution in [0, 0.1) is 5.92 Å². The molecule has 0 aromatic heterocycles. The van der Waals surface area contributed by atoms with Crippen molar-refractivity contribution < 1.29 is 14.3 Å². The number of halogens is 1. The first-order chi connectivity index (χ1) is 10.7. The number of hydrogen-bond donors (Lipinski definition) is 1. The SMILES string of the molecule is COc1ccc2c(c1)C[C@@H](C(=O)Nc1ccccc1Cl)CO2. The zero-order valence-electron chi connectivity index (χ0n) is 12.1. The first-order valence-electron chi connectivity index (χ1n) is 7.02. The molecule has 0 aliphatic carbocycles. The Hall–Kier alpha value is -2.20. The Labute approximate surface area is 134 Å². The minimum Gasteiger partial charge on any atom is -0.497 e. The maximum Gasteiger partial charge on any atom is 0.231 e. The van der Waals surface area contributed by atoms with E-state index in [9.17, 15) is 4.79 Å². The largest absolute Gasteiger partial charge is 0.497 e. The molecule has 114 valence electrons. The van der Waals surface area contributed by atoms with Gasteiger partial charge in [-0.3, -0.25) is 4.79 Å². The molecule has 3 rings (SSSR count). The van der Waals surface area contributed by atoms with Gasteiger partial charge in [-0.05, 0) is 42.3 Å². The molecular formula is C17H16ClNO3. The average Bonchev–Trinajstić information content (AvgIpc) is 2.55. The summed E-state index contributed by atoms with van der Waals surface area (Å²) in [4.78, 5) is 12.4. The Kier molecular flexibility index (Phi) is 4.20. The number of carbonyl (C=O) groups is 1. The molecule has 0 saturated carbocycles. The van der Waals surface area contributed by atoms with Crippen LogP contribution < -0.4 is 14.8 Å². The van der Waals surface area contributed by atoms with Crippen LogP contribution >= 0.6 is 11.6 Å². The number of methoxy groups -OCH3 is 1. The lowest BCUT2D eigenvalue weighted by molar-refractivity contribution is -0.121. The Morgan fingerprint density at radius 1 is 1.32 bits per heavy atom. The Morgan fingerprint density at radius 2 is 2.14 bits per heavy atom. The molecule has 1 amide bonds. The molecule has 1 atom stereocenters. The first-order valence-corrected chi connectivity index (χ1v) is 7.40. The number of para-hydroxylation sites is 1. The predicted octanol–water partition coefficient (Wildman–Crippen LogP) is 3.54. The van der Waals surface area contributed by atoms with Crippen molar-refractivity contribution in [1.29, 1.82) is 0 Å². The van der Waals surface area contributed by atoms with E-state index in [1.807, 2.05) is 30.3 Å². The number of ether oxygens (including phenoxy) is 2. The third-order valence-electron chi connectivity index (χ3n) is 3.68. The highest BCUT2D eigenvalue weighted by molar-refractivity contribution is 6.33. The van der Waals surface area contributed by atoms with Gasteiger partial charge in [0.05, 0.1) is 23.7 Å². The minimum atomic E-state index is -0.254. The summed E-state index contributed by atoms with van der Waals surface area (Å²) >= 11 is 6.07. The van der Waals surface area contributed by atoms with E-state index in [2.05, 4.69) is 5.32 Å². The van der Waals surface area contributed by atoms with Crippen LogP contribution in [0.5, 0.6) is 11.5 Å². The number of rotatable bonds is 3. The average molecular weight is 318 g/mol. The molecule has 1 aliphatic heterocycles. The highest BCUT2D eigenvalue weighted by Gasteiger charge is 2.26. The number of hydrogen-bond acceptors (Lipinski definition) is 3. The van der Waals surface area contributed by atoms with Crippen molar-refractivity contribution in [3.05, 3.63) is 53.1 Å². The molecule has 0 bridgehead atoms. The van der Waals surface area contributed by atoms with Gasteiger partial charge in [-0.15, -0.1) is 0 Å². The fourth-order valence-corrected chi connectivity index (χ4v) is 2.65. The number of nitrogens with one attached hydrogen (secondary N) is 1. The second-order valence-corrected chi connectivity index (χ2v) is 5.56. The van der Waals surface area contributed by atoms with Crippen LogP contribution in [-0.2, 0) is 11.2 Å². The highest BCUT2D eigenvalue weighted by atomic mass is 35.5. The van der Waals surface area contributed by atoms with Crippen LogP contribution in [-0.4, -0.2) is 19.6 Å². The quantitative estimate of drug-likeness (QED) is 0.942. The molecule has 0 fully saturated rings. The molecule has 22 heavy (non-hydrogen) atoms. The van der Waals surface area contributed by atoms with E-state index < -0.39 is 0 Å². The summed E-state index contributed by atoms with van der Waals surface area (Å²) in [6, 6.07) is 12.8. The fourth-order valence-electron chi connectivity index (χ4n) is 2.46. The maximum absolute atomic E-state index is 12.4. The molecule has 1 N–H and O–H groups in total. The summed E-state index contributed by atoms with van der Waals surface area (Å²) in [5.41, 5.74) is 1.59. The Balaban J connectivity index is 1.73. The summed E-state index contributed by atoms with van der Waals surface area (Å²) in [6.45, 7) is 0.357. The topological polar surface area (TPSA) is 47.6 Å². The van der Waals surface area contributed by atoms with Crippen molar-refractivity contribution in [1.82, 2.24) is 0 Å². The Bertz CT molecular complexity index is 702. The van der Waals surface area contributed by atoms with E-state index in [1.165, 1.54) is 0 Å². The number of amides is 1. The van der Waals surface area contributed by atoms with Crippen LogP contribution in [0.2, 0.25) is 5.02 Å². The van der Waals surface area contributed by atoms with Gasteiger partial charge >= 0.3 is 0 Å². The lowest BCUT2D eigenvalue weighted by Gasteiger charge is -2.25. The summed E-state index contributed by atoms with van der Waals surface area (Å²) in [5.74, 6) is 1.22. The summed E-state index contributed by atoms with van der Waals surface area (Å²) in [7, 11) is 1.62. The van der Waals surface area contributed by atoms with Crippen molar-refractivity contribution in [3.8, 4) is 11.5 Å². The van der Waals surface area contributed by atoms with Gasteiger partial charge in [-0.1, -0.05) is 23.7 Å². The number of fused-ring (bicyclic) bond motifs is 1. The van der Waals surface area contributed by atoms with Gasteiger partial charge in [0.2, 0.25) is 5.91 Å². The van der Waals surface area contributed by atoms with Crippen molar-refractivity contribution in [2.24, 2.45) is 5.92 Å². The van der Waals surface area contributed by atoms with Crippen LogP contribution in [0.1, 0.15) is 5.56 Å². The van der Waals surface area contributed by atoms with Crippen LogP contribution in [0.4, 0.5) is 5.69 Å². The molecule has 2 aromatic rings. The van der Waals surface area contributed by atoms with Gasteiger partial charge in [-0.25, -0.2) is 0 Å². The second-order valence-electron chi connectivity index (χ2n) is 5.15. The lowest BCUT2D eigenvalue weighted by atomic mass is 9.95. The number of anilines is 1. The molecule has 0 spiro atoms. The van der Waals surface area contributed by atoms with Gasteiger partial charge in [-0.2, -0.15) is 0 Å². The van der Waals surface area contributed by atoms with E-state index in [0.717, 1.165) is 17.1 Å². The predicted molar refractivity (Wildman–Crippen MR) is 85.8 cm³/mol. The molecule has 0 unspecified atom stereocenters. The molecule has 1 heterocycles. The minimum absolute atomic E-state index is 0.0958. The zero-order chi connectivity index (χ0) is 15.5. The first kappa shape index (κ1) is 14.7. The van der Waals surface area contributed by atoms with Gasteiger partial charge in [0.1, 0.15) is 18.1 Å². The molecule has 5 heteroatoms. The van der Waals surface area contributed by atoms with Gasteiger partial charge < -0.3 is 14.8 Å². The van der Waals surface area contributed by atoms with E-state index in [1.54, 1.807) is 19.2 Å². The van der Waals surface area contributed by atoms with Crippen molar-refractivity contribution >= 4 is 23.2 Å². The van der Waals surface area contributed by atoms with Crippen molar-refractivity contribution in [2.75, 3.05) is 19.0 Å². The van der Waals surface area contributed by atoms with Crippen LogP contribution in [0.15, 0.2) is 42.5 Å². The molecule has 4 nitrogen and oxygen atoms in total. The van der Waals surface area contributed by atoms with Crippen LogP contribution in [0.25, 0.3) is 0 Å². The monoisotopic (exact) mass is 317 g/mol. The normalized spacial score (nSPS) is 16.4. The molecule has 1 aliphatic rings. The van der Waals surface area contributed by atoms with Gasteiger partial charge in [0, 0.05) is 0 Å². The van der Waals surface area contributed by atoms with E-state index in [-0.39, 0.29) is 11.8 Å². The third kappa shape index (κ3) is 3.02. The smallest absolute Gasteiger partial charge is 0.231 e. The molecule has 2 aromatic carbocycles. The summed E-state index contributed by atoms with van der Waals surface area (Å²) < 4.78 is 10.9. The third-order valence-corrected chi connectivity index (χ3v) is 4.01. The van der Waals surface area contributed by atoms with E-state index >= 15 is 0 Å². The van der Waals surface area contributed by atoms with E-state index in [4.69, 9.17) is 21.1 Å². The number of benzene rings is 2. The standard InChI is InChI=1S/C17H16ClNO3/c1-21-13-6-7-16-11(9-13)8-12(10-22-16)17(20)19-15-5-3-2-4-14(15)18/h2-7,9,12H,8,10H2,1H3,(H,19,20)/t12-/m1/s1. The van der Waals surface area contributed by atoms with E-state index in [0.29, 0.717) is 23.7 Å².